The van der Waals surface area contributed by atoms with Crippen molar-refractivity contribution in [3.05, 3.63) is 42.5 Å². The normalized spacial score (nSPS) is 11.6. The molecule has 2 N–H and O–H groups in total. The van der Waals surface area contributed by atoms with Crippen LogP contribution in [0.5, 0.6) is 5.75 Å². The maximum atomic E-state index is 12.0. The van der Waals surface area contributed by atoms with Crippen molar-refractivity contribution < 1.29 is 33.0 Å². The molecule has 0 saturated heterocycles. The molecular weight excluding hydrogens is 300 g/mol. The lowest BCUT2D eigenvalue weighted by Gasteiger charge is -2.14. The number of alkyl halides is 2. The summed E-state index contributed by atoms with van der Waals surface area (Å²) < 4.78 is 32.8. The predicted molar refractivity (Wildman–Crippen MR) is 72.9 cm³/mol. The minimum Gasteiger partial charge on any atom is -0.480 e. The molecule has 0 bridgehead atoms. The molecule has 0 radical (unpaired) electrons. The molecule has 0 saturated carbocycles. The minimum absolute atomic E-state index is 0.0342. The summed E-state index contributed by atoms with van der Waals surface area (Å²) in [6.45, 7) is 0.381. The molecule has 8 heteroatoms. The van der Waals surface area contributed by atoms with Crippen molar-refractivity contribution >= 4 is 12.1 Å². The lowest BCUT2D eigenvalue weighted by molar-refractivity contribution is -0.139. The fourth-order valence-electron chi connectivity index (χ4n) is 1.56. The van der Waals surface area contributed by atoms with Gasteiger partial charge in [0.1, 0.15) is 18.4 Å². The Morgan fingerprint density at radius 3 is 2.45 bits per heavy atom. The number of benzene rings is 1. The number of carboxylic acids is 1. The highest BCUT2D eigenvalue weighted by atomic mass is 19.3. The van der Waals surface area contributed by atoms with Crippen molar-refractivity contribution in [3.8, 4) is 5.75 Å². The fraction of sp³-hybridized carbons (Fsp3) is 0.286. The molecule has 120 valence electrons. The van der Waals surface area contributed by atoms with Crippen molar-refractivity contribution in [2.24, 2.45) is 0 Å². The molecule has 0 aliphatic rings. The summed E-state index contributed by atoms with van der Waals surface area (Å²) >= 11 is 0. The van der Waals surface area contributed by atoms with Crippen molar-refractivity contribution in [1.29, 1.82) is 0 Å². The molecular formula is C14H15F2NO5. The van der Waals surface area contributed by atoms with Crippen LogP contribution in [0.25, 0.3) is 0 Å². The minimum atomic E-state index is -2.93. The number of nitrogens with one attached hydrogen (secondary N) is 1. The molecule has 0 aliphatic carbocycles. The molecule has 1 amide bonds. The van der Waals surface area contributed by atoms with E-state index in [1.165, 1.54) is 30.3 Å². The van der Waals surface area contributed by atoms with Crippen LogP contribution >= 0.6 is 0 Å². The maximum absolute atomic E-state index is 12.0. The van der Waals surface area contributed by atoms with E-state index >= 15 is 0 Å². The van der Waals surface area contributed by atoms with E-state index in [9.17, 15) is 18.4 Å². The molecule has 1 aromatic rings. The summed E-state index contributed by atoms with van der Waals surface area (Å²) in [6, 6.07) is 4.24. The molecule has 0 fully saturated rings. The van der Waals surface area contributed by atoms with Crippen LogP contribution in [0.2, 0.25) is 0 Å². The van der Waals surface area contributed by atoms with E-state index < -0.39 is 24.7 Å². The van der Waals surface area contributed by atoms with Crippen molar-refractivity contribution in [1.82, 2.24) is 5.32 Å². The number of rotatable bonds is 8. The lowest BCUT2D eigenvalue weighted by atomic mass is 10.1. The summed E-state index contributed by atoms with van der Waals surface area (Å²) in [5, 5.41) is 11.3. The second kappa shape index (κ2) is 8.60. The highest BCUT2D eigenvalue weighted by molar-refractivity contribution is 5.80. The fourth-order valence-corrected chi connectivity index (χ4v) is 1.56. The highest BCUT2D eigenvalue weighted by Crippen LogP contribution is 2.16. The first-order chi connectivity index (χ1) is 10.4. The lowest BCUT2D eigenvalue weighted by Crippen LogP contribution is -2.42. The van der Waals surface area contributed by atoms with Gasteiger partial charge in [0, 0.05) is 6.42 Å². The van der Waals surface area contributed by atoms with Gasteiger partial charge in [-0.2, -0.15) is 8.78 Å². The predicted octanol–water partition coefficient (Wildman–Crippen LogP) is 2.20. The van der Waals surface area contributed by atoms with Gasteiger partial charge in [-0.25, -0.2) is 9.59 Å². The quantitative estimate of drug-likeness (QED) is 0.718. The maximum Gasteiger partial charge on any atom is 0.408 e. The SMILES string of the molecule is C=CCOC(=O)N[C@@H](Cc1ccc(OC(F)F)cc1)C(=O)O. The average molecular weight is 315 g/mol. The summed E-state index contributed by atoms with van der Waals surface area (Å²) in [5.41, 5.74) is 0.526. The first-order valence-electron chi connectivity index (χ1n) is 6.23. The Kier molecular flexibility index (Phi) is 6.81. The van der Waals surface area contributed by atoms with Gasteiger partial charge >= 0.3 is 18.7 Å². The second-order valence-corrected chi connectivity index (χ2v) is 4.15. The number of halogens is 2. The number of hydrogen-bond donors (Lipinski definition) is 2. The molecule has 0 unspecified atom stereocenters. The Labute approximate surface area is 125 Å². The van der Waals surface area contributed by atoms with Gasteiger partial charge in [0.05, 0.1) is 0 Å². The molecule has 0 aliphatic heterocycles. The van der Waals surface area contributed by atoms with Crippen molar-refractivity contribution in [3.63, 3.8) is 0 Å². The number of carbonyl (C=O) groups excluding carboxylic acids is 1. The second-order valence-electron chi connectivity index (χ2n) is 4.15. The van der Waals surface area contributed by atoms with Gasteiger partial charge in [-0.1, -0.05) is 24.8 Å². The van der Waals surface area contributed by atoms with Crippen LogP contribution in [0.3, 0.4) is 0 Å². The van der Waals surface area contributed by atoms with E-state index in [2.05, 4.69) is 21.4 Å². The number of ether oxygens (including phenoxy) is 2. The number of carboxylic acid groups (broad SMARTS) is 1. The van der Waals surface area contributed by atoms with Crippen LogP contribution in [0.4, 0.5) is 13.6 Å². The number of carbonyl (C=O) groups is 2. The van der Waals surface area contributed by atoms with Crippen LogP contribution in [-0.2, 0) is 16.0 Å². The zero-order valence-electron chi connectivity index (χ0n) is 11.5. The van der Waals surface area contributed by atoms with Gasteiger partial charge in [0.25, 0.3) is 0 Å². The zero-order chi connectivity index (χ0) is 16.5. The molecule has 22 heavy (non-hydrogen) atoms. The molecule has 1 rings (SSSR count). The van der Waals surface area contributed by atoms with Gasteiger partial charge in [-0.05, 0) is 17.7 Å². The van der Waals surface area contributed by atoms with Crippen molar-refractivity contribution in [2.45, 2.75) is 19.1 Å². The molecule has 1 atom stereocenters. The van der Waals surface area contributed by atoms with Crippen LogP contribution < -0.4 is 10.1 Å². The Morgan fingerprint density at radius 1 is 1.32 bits per heavy atom. The third kappa shape index (κ3) is 6.21. The highest BCUT2D eigenvalue weighted by Gasteiger charge is 2.21. The number of alkyl carbamates (subject to hydrolysis) is 1. The van der Waals surface area contributed by atoms with Crippen LogP contribution in [0.1, 0.15) is 5.56 Å². The van der Waals surface area contributed by atoms with Crippen LogP contribution in [0, 0.1) is 0 Å². The molecule has 0 heterocycles. The summed E-state index contributed by atoms with van der Waals surface area (Å²) in [4.78, 5) is 22.4. The summed E-state index contributed by atoms with van der Waals surface area (Å²) in [5.74, 6) is -1.28. The third-order valence-corrected chi connectivity index (χ3v) is 2.51. The molecule has 6 nitrogen and oxygen atoms in total. The summed E-state index contributed by atoms with van der Waals surface area (Å²) in [7, 11) is 0. The summed E-state index contributed by atoms with van der Waals surface area (Å²) in [6.07, 6.45) is 0.426. The first-order valence-corrected chi connectivity index (χ1v) is 6.23. The molecule has 0 aromatic heterocycles. The van der Waals surface area contributed by atoms with E-state index in [0.29, 0.717) is 5.56 Å². The topological polar surface area (TPSA) is 84.9 Å². The van der Waals surface area contributed by atoms with E-state index in [-0.39, 0.29) is 18.8 Å². The Bertz CT molecular complexity index is 518. The van der Waals surface area contributed by atoms with Gasteiger partial charge in [0.2, 0.25) is 0 Å². The Hall–Kier alpha value is -2.64. The van der Waals surface area contributed by atoms with Gasteiger partial charge < -0.3 is 19.9 Å². The van der Waals surface area contributed by atoms with Gasteiger partial charge in [-0.3, -0.25) is 0 Å². The van der Waals surface area contributed by atoms with Gasteiger partial charge in [0.15, 0.2) is 0 Å². The number of hydrogen-bond acceptors (Lipinski definition) is 4. The van der Waals surface area contributed by atoms with Crippen LogP contribution in [0.15, 0.2) is 36.9 Å². The van der Waals surface area contributed by atoms with Crippen molar-refractivity contribution in [2.75, 3.05) is 6.61 Å². The average Bonchev–Trinajstić information content (AvgIpc) is 2.45. The first kappa shape index (κ1) is 17.4. The smallest absolute Gasteiger partial charge is 0.408 e. The Balaban J connectivity index is 2.64. The van der Waals surface area contributed by atoms with Crippen LogP contribution in [-0.4, -0.2) is 36.4 Å². The van der Waals surface area contributed by atoms with E-state index in [1.807, 2.05) is 0 Å². The van der Waals surface area contributed by atoms with E-state index in [1.54, 1.807) is 0 Å². The number of amides is 1. The monoisotopic (exact) mass is 315 g/mol. The third-order valence-electron chi connectivity index (χ3n) is 2.51. The zero-order valence-corrected chi connectivity index (χ0v) is 11.5. The standard InChI is InChI=1S/C14H15F2NO5/c1-2-7-21-14(20)17-11(12(18)19)8-9-3-5-10(6-4-9)22-13(15)16/h2-6,11,13H,1,7-8H2,(H,17,20)(H,18,19)/t11-/m0/s1. The molecule has 1 aromatic carbocycles. The van der Waals surface area contributed by atoms with E-state index in [4.69, 9.17) is 5.11 Å². The molecule has 0 spiro atoms. The Morgan fingerprint density at radius 2 is 1.95 bits per heavy atom. The van der Waals surface area contributed by atoms with E-state index in [0.717, 1.165) is 0 Å². The number of aliphatic carboxylic acids is 1. The van der Waals surface area contributed by atoms with Gasteiger partial charge in [-0.15, -0.1) is 0 Å². The largest absolute Gasteiger partial charge is 0.480 e.